The largest absolute Gasteiger partial charge is 0.315 e. The molecular formula is C6H15N3. The molecule has 1 saturated heterocycles. The molecule has 1 aliphatic heterocycles. The van der Waals surface area contributed by atoms with Gasteiger partial charge in [-0.05, 0) is 13.0 Å². The Morgan fingerprint density at radius 2 is 2.33 bits per heavy atom. The maximum atomic E-state index is 3.31. The first-order valence-corrected chi connectivity index (χ1v) is 3.43. The Hall–Kier alpha value is -0.120. The second-order valence-electron chi connectivity index (χ2n) is 2.71. The van der Waals surface area contributed by atoms with Gasteiger partial charge >= 0.3 is 0 Å². The maximum absolute atomic E-state index is 3.31. The first-order valence-electron chi connectivity index (χ1n) is 3.43. The van der Waals surface area contributed by atoms with E-state index in [1.54, 1.807) is 0 Å². The van der Waals surface area contributed by atoms with Gasteiger partial charge in [-0.15, -0.1) is 0 Å². The minimum absolute atomic E-state index is 0.653. The van der Waals surface area contributed by atoms with Gasteiger partial charge in [0, 0.05) is 26.7 Å². The fraction of sp³-hybridized carbons (Fsp3) is 1.00. The Morgan fingerprint density at radius 3 is 2.78 bits per heavy atom. The lowest BCUT2D eigenvalue weighted by Crippen LogP contribution is -2.40. The minimum atomic E-state index is 0.653. The molecule has 0 aromatic rings. The van der Waals surface area contributed by atoms with Crippen LogP contribution >= 0.6 is 0 Å². The van der Waals surface area contributed by atoms with Gasteiger partial charge in [-0.25, -0.2) is 0 Å². The predicted molar refractivity (Wildman–Crippen MR) is 38.1 cm³/mol. The highest BCUT2D eigenvalue weighted by atomic mass is 15.5. The second-order valence-corrected chi connectivity index (χ2v) is 2.71. The molecule has 1 fully saturated rings. The molecule has 1 rings (SSSR count). The summed E-state index contributed by atoms with van der Waals surface area (Å²) in [5.41, 5.74) is 3.31. The standard InChI is InChI=1S/C6H15N3/c1-9(2)8-6-3-4-7-5-6/h6-8H,3-5H2,1-2H3/t6-/m1/s1. The van der Waals surface area contributed by atoms with Crippen molar-refractivity contribution in [2.24, 2.45) is 0 Å². The first-order chi connectivity index (χ1) is 4.29. The van der Waals surface area contributed by atoms with E-state index in [2.05, 4.69) is 10.7 Å². The van der Waals surface area contributed by atoms with E-state index in [1.165, 1.54) is 6.42 Å². The molecule has 3 heteroatoms. The van der Waals surface area contributed by atoms with Crippen molar-refractivity contribution in [3.05, 3.63) is 0 Å². The summed E-state index contributed by atoms with van der Waals surface area (Å²) in [6.07, 6.45) is 1.25. The van der Waals surface area contributed by atoms with Crippen LogP contribution in [0.3, 0.4) is 0 Å². The zero-order valence-corrected chi connectivity index (χ0v) is 6.15. The lowest BCUT2D eigenvalue weighted by Gasteiger charge is -2.16. The molecule has 0 amide bonds. The van der Waals surface area contributed by atoms with Gasteiger partial charge < -0.3 is 5.32 Å². The van der Waals surface area contributed by atoms with Crippen LogP contribution in [0.1, 0.15) is 6.42 Å². The van der Waals surface area contributed by atoms with E-state index in [1.807, 2.05) is 19.1 Å². The number of hydrazine groups is 1. The van der Waals surface area contributed by atoms with Crippen molar-refractivity contribution in [2.45, 2.75) is 12.5 Å². The molecule has 0 spiro atoms. The molecule has 0 aliphatic carbocycles. The van der Waals surface area contributed by atoms with Crippen molar-refractivity contribution < 1.29 is 0 Å². The van der Waals surface area contributed by atoms with Gasteiger partial charge in [0.05, 0.1) is 0 Å². The van der Waals surface area contributed by atoms with Crippen LogP contribution in [0.5, 0.6) is 0 Å². The number of nitrogens with one attached hydrogen (secondary N) is 2. The van der Waals surface area contributed by atoms with Crippen molar-refractivity contribution in [2.75, 3.05) is 27.2 Å². The average molecular weight is 129 g/mol. The summed E-state index contributed by atoms with van der Waals surface area (Å²) in [5, 5.41) is 5.30. The summed E-state index contributed by atoms with van der Waals surface area (Å²) in [4.78, 5) is 0. The molecular weight excluding hydrogens is 114 g/mol. The van der Waals surface area contributed by atoms with Gasteiger partial charge in [0.25, 0.3) is 0 Å². The van der Waals surface area contributed by atoms with Gasteiger partial charge in [0.1, 0.15) is 0 Å². The van der Waals surface area contributed by atoms with Crippen LogP contribution in [0.15, 0.2) is 0 Å². The molecule has 54 valence electrons. The molecule has 1 heterocycles. The van der Waals surface area contributed by atoms with Crippen LogP contribution < -0.4 is 10.7 Å². The highest BCUT2D eigenvalue weighted by molar-refractivity contribution is 4.75. The third-order valence-electron chi connectivity index (χ3n) is 1.50. The Morgan fingerprint density at radius 1 is 1.56 bits per heavy atom. The fourth-order valence-electron chi connectivity index (χ4n) is 1.13. The molecule has 0 bridgehead atoms. The lowest BCUT2D eigenvalue weighted by molar-refractivity contribution is 0.250. The van der Waals surface area contributed by atoms with Crippen molar-refractivity contribution in [3.8, 4) is 0 Å². The van der Waals surface area contributed by atoms with Crippen LogP contribution in [-0.2, 0) is 0 Å². The van der Waals surface area contributed by atoms with Gasteiger partial charge in [-0.3, -0.25) is 10.4 Å². The highest BCUT2D eigenvalue weighted by Gasteiger charge is 2.13. The molecule has 0 radical (unpaired) electrons. The first kappa shape index (κ1) is 6.99. The molecule has 0 saturated carbocycles. The SMILES string of the molecule is CN(C)N[C@@H]1CCNC1. The molecule has 1 aliphatic rings. The highest BCUT2D eigenvalue weighted by Crippen LogP contribution is 1.95. The quantitative estimate of drug-likeness (QED) is 0.488. The number of rotatable bonds is 2. The fourth-order valence-corrected chi connectivity index (χ4v) is 1.13. The van der Waals surface area contributed by atoms with Crippen molar-refractivity contribution in [1.82, 2.24) is 15.8 Å². The smallest absolute Gasteiger partial charge is 0.0351 e. The number of hydrogen-bond donors (Lipinski definition) is 2. The van der Waals surface area contributed by atoms with Crippen LogP contribution in [0.25, 0.3) is 0 Å². The monoisotopic (exact) mass is 129 g/mol. The lowest BCUT2D eigenvalue weighted by atomic mass is 10.3. The number of hydrogen-bond acceptors (Lipinski definition) is 3. The van der Waals surface area contributed by atoms with E-state index in [-0.39, 0.29) is 0 Å². The van der Waals surface area contributed by atoms with Gasteiger partial charge in [-0.1, -0.05) is 0 Å². The molecule has 2 N–H and O–H groups in total. The van der Waals surface area contributed by atoms with Crippen LogP contribution in [-0.4, -0.2) is 38.2 Å². The van der Waals surface area contributed by atoms with Gasteiger partial charge in [0.2, 0.25) is 0 Å². The molecule has 3 nitrogen and oxygen atoms in total. The van der Waals surface area contributed by atoms with Gasteiger partial charge in [0.15, 0.2) is 0 Å². The Bertz CT molecular complexity index is 76.4. The second kappa shape index (κ2) is 3.15. The Balaban J connectivity index is 2.11. The summed E-state index contributed by atoms with van der Waals surface area (Å²) in [6, 6.07) is 0.653. The topological polar surface area (TPSA) is 27.3 Å². The van der Waals surface area contributed by atoms with Crippen molar-refractivity contribution in [1.29, 1.82) is 0 Å². The van der Waals surface area contributed by atoms with Crippen LogP contribution in [0, 0.1) is 0 Å². The van der Waals surface area contributed by atoms with Gasteiger partial charge in [-0.2, -0.15) is 0 Å². The molecule has 0 aromatic heterocycles. The minimum Gasteiger partial charge on any atom is -0.315 e. The summed E-state index contributed by atoms with van der Waals surface area (Å²) < 4.78 is 0. The summed E-state index contributed by atoms with van der Waals surface area (Å²) >= 11 is 0. The van der Waals surface area contributed by atoms with E-state index < -0.39 is 0 Å². The Kier molecular flexibility index (Phi) is 2.45. The zero-order chi connectivity index (χ0) is 6.69. The van der Waals surface area contributed by atoms with Crippen LogP contribution in [0.4, 0.5) is 0 Å². The summed E-state index contributed by atoms with van der Waals surface area (Å²) in [5.74, 6) is 0. The normalized spacial score (nSPS) is 27.7. The van der Waals surface area contributed by atoms with E-state index in [9.17, 15) is 0 Å². The summed E-state index contributed by atoms with van der Waals surface area (Å²) in [7, 11) is 4.05. The van der Waals surface area contributed by atoms with E-state index >= 15 is 0 Å². The maximum Gasteiger partial charge on any atom is 0.0351 e. The molecule has 0 unspecified atom stereocenters. The predicted octanol–water partition coefficient (Wildman–Crippen LogP) is -0.585. The molecule has 9 heavy (non-hydrogen) atoms. The van der Waals surface area contributed by atoms with Crippen LogP contribution in [0.2, 0.25) is 0 Å². The Labute approximate surface area is 56.4 Å². The van der Waals surface area contributed by atoms with E-state index in [0.717, 1.165) is 13.1 Å². The van der Waals surface area contributed by atoms with Crippen molar-refractivity contribution in [3.63, 3.8) is 0 Å². The zero-order valence-electron chi connectivity index (χ0n) is 6.15. The molecule has 1 atom stereocenters. The van der Waals surface area contributed by atoms with E-state index in [0.29, 0.717) is 6.04 Å². The van der Waals surface area contributed by atoms with E-state index in [4.69, 9.17) is 0 Å². The third kappa shape index (κ3) is 2.30. The number of nitrogens with zero attached hydrogens (tertiary/aromatic N) is 1. The third-order valence-corrected chi connectivity index (χ3v) is 1.50. The molecule has 0 aromatic carbocycles. The summed E-state index contributed by atoms with van der Waals surface area (Å²) in [6.45, 7) is 2.27. The van der Waals surface area contributed by atoms with Crippen molar-refractivity contribution >= 4 is 0 Å². The average Bonchev–Trinajstić information content (AvgIpc) is 2.15.